The van der Waals surface area contributed by atoms with Crippen molar-refractivity contribution in [1.29, 1.82) is 0 Å². The molecule has 1 aliphatic rings. The van der Waals surface area contributed by atoms with Crippen molar-refractivity contribution in [2.45, 2.75) is 37.1 Å². The summed E-state index contributed by atoms with van der Waals surface area (Å²) in [4.78, 5) is 24.1. The quantitative estimate of drug-likeness (QED) is 0.404. The van der Waals surface area contributed by atoms with Gasteiger partial charge in [0.25, 0.3) is 0 Å². The van der Waals surface area contributed by atoms with Crippen molar-refractivity contribution in [3.8, 4) is 0 Å². The van der Waals surface area contributed by atoms with E-state index >= 15 is 0 Å². The predicted molar refractivity (Wildman–Crippen MR) is 74.2 cm³/mol. The molecule has 2 heterocycles. The van der Waals surface area contributed by atoms with Crippen molar-refractivity contribution in [3.63, 3.8) is 0 Å². The number of anilines is 1. The second-order valence-electron chi connectivity index (χ2n) is 5.14. The van der Waals surface area contributed by atoms with Gasteiger partial charge < -0.3 is 30.9 Å². The summed E-state index contributed by atoms with van der Waals surface area (Å²) in [7, 11) is 0. The van der Waals surface area contributed by atoms with Crippen LogP contribution >= 0.6 is 0 Å². The summed E-state index contributed by atoms with van der Waals surface area (Å²) in [6.07, 6.45) is -7.38. The number of alkyl halides is 3. The largest absolute Gasteiger partial charge is 0.490 e. The standard InChI is InChI=1S/C10H15N3O5.C2HF3O2/c1-10(8(16)7(15)5(4-14)18-10)13-3-2-6(11)12-9(13)17;3-2(4,5)1(6)7/h2-3,5,7-8,14-16H,4H2,1H3,(H2,11,12,17);(H,6,7)/t5-,7-,8-,10-;/m1./s1. The molecule has 142 valence electrons. The highest BCUT2D eigenvalue weighted by molar-refractivity contribution is 5.73. The lowest BCUT2D eigenvalue weighted by Gasteiger charge is -2.29. The molecule has 1 aromatic rings. The molecule has 0 aliphatic carbocycles. The molecular formula is C12H16F3N3O7. The van der Waals surface area contributed by atoms with Gasteiger partial charge in [-0.1, -0.05) is 0 Å². The number of nitrogen functional groups attached to an aromatic ring is 1. The second-order valence-corrected chi connectivity index (χ2v) is 5.14. The molecule has 1 saturated heterocycles. The Morgan fingerprint density at radius 2 is 2.00 bits per heavy atom. The Morgan fingerprint density at radius 1 is 1.48 bits per heavy atom. The van der Waals surface area contributed by atoms with Gasteiger partial charge in [0.05, 0.1) is 6.61 Å². The van der Waals surface area contributed by atoms with Crippen molar-refractivity contribution in [2.24, 2.45) is 0 Å². The van der Waals surface area contributed by atoms with E-state index in [4.69, 9.17) is 25.5 Å². The van der Waals surface area contributed by atoms with Crippen LogP contribution in [0.1, 0.15) is 6.92 Å². The smallest absolute Gasteiger partial charge is 0.475 e. The monoisotopic (exact) mass is 371 g/mol. The summed E-state index contributed by atoms with van der Waals surface area (Å²) in [5.74, 6) is -2.71. The summed E-state index contributed by atoms with van der Waals surface area (Å²) in [6.45, 7) is 0.959. The van der Waals surface area contributed by atoms with Gasteiger partial charge >= 0.3 is 17.8 Å². The van der Waals surface area contributed by atoms with Crippen molar-refractivity contribution in [1.82, 2.24) is 9.55 Å². The minimum absolute atomic E-state index is 0.0478. The zero-order valence-corrected chi connectivity index (χ0v) is 12.7. The van der Waals surface area contributed by atoms with Crippen LogP contribution in [0, 0.1) is 0 Å². The van der Waals surface area contributed by atoms with E-state index in [-0.39, 0.29) is 5.82 Å². The number of ether oxygens (including phenoxy) is 1. The Bertz CT molecular complexity index is 681. The number of carboxylic acids is 1. The SMILES string of the molecule is C[C@@]1(n2ccc(N)nc2=O)O[C@H](CO)[C@@H](O)[C@H]1O.O=C(O)C(F)(F)F. The van der Waals surface area contributed by atoms with Gasteiger partial charge in [-0.3, -0.25) is 4.57 Å². The summed E-state index contributed by atoms with van der Waals surface area (Å²) >= 11 is 0. The lowest BCUT2D eigenvalue weighted by Crippen LogP contribution is -2.48. The number of nitrogens with zero attached hydrogens (tertiary/aromatic N) is 2. The lowest BCUT2D eigenvalue weighted by molar-refractivity contribution is -0.192. The fourth-order valence-electron chi connectivity index (χ4n) is 2.06. The average Bonchev–Trinajstić information content (AvgIpc) is 2.71. The van der Waals surface area contributed by atoms with Crippen molar-refractivity contribution in [3.05, 3.63) is 22.7 Å². The van der Waals surface area contributed by atoms with E-state index in [1.165, 1.54) is 19.2 Å². The van der Waals surface area contributed by atoms with E-state index in [9.17, 15) is 28.2 Å². The summed E-state index contributed by atoms with van der Waals surface area (Å²) in [6, 6.07) is 1.38. The van der Waals surface area contributed by atoms with Crippen LogP contribution in [0.25, 0.3) is 0 Å². The second kappa shape index (κ2) is 7.35. The maximum atomic E-state index is 11.7. The lowest BCUT2D eigenvalue weighted by atomic mass is 10.0. The summed E-state index contributed by atoms with van der Waals surface area (Å²) in [5, 5.41) is 35.8. The topological polar surface area (TPSA) is 168 Å². The highest BCUT2D eigenvalue weighted by atomic mass is 19.4. The zero-order valence-electron chi connectivity index (χ0n) is 12.7. The van der Waals surface area contributed by atoms with E-state index in [1.54, 1.807) is 0 Å². The molecule has 4 atom stereocenters. The molecule has 0 amide bonds. The fraction of sp³-hybridized carbons (Fsp3) is 0.583. The van der Waals surface area contributed by atoms with Crippen LogP contribution in [0.3, 0.4) is 0 Å². The van der Waals surface area contributed by atoms with Crippen LogP contribution in [0.15, 0.2) is 17.1 Å². The number of rotatable bonds is 2. The van der Waals surface area contributed by atoms with Crippen LogP contribution in [0.5, 0.6) is 0 Å². The molecule has 6 N–H and O–H groups in total. The number of halogens is 3. The van der Waals surface area contributed by atoms with E-state index in [1.807, 2.05) is 0 Å². The molecule has 0 unspecified atom stereocenters. The van der Waals surface area contributed by atoms with E-state index in [0.717, 1.165) is 4.57 Å². The maximum absolute atomic E-state index is 11.7. The Morgan fingerprint density at radius 3 is 2.36 bits per heavy atom. The first kappa shape index (κ1) is 20.8. The molecule has 1 fully saturated rings. The molecule has 10 nitrogen and oxygen atoms in total. The van der Waals surface area contributed by atoms with Gasteiger partial charge in [0.15, 0.2) is 5.72 Å². The molecule has 0 saturated carbocycles. The first-order valence-electron chi connectivity index (χ1n) is 6.65. The van der Waals surface area contributed by atoms with Gasteiger partial charge in [0.2, 0.25) is 0 Å². The Kier molecular flexibility index (Phi) is 6.12. The average molecular weight is 371 g/mol. The maximum Gasteiger partial charge on any atom is 0.490 e. The molecule has 13 heteroatoms. The van der Waals surface area contributed by atoms with Crippen molar-refractivity contribution >= 4 is 11.8 Å². The first-order chi connectivity index (χ1) is 11.3. The molecule has 2 rings (SSSR count). The minimum Gasteiger partial charge on any atom is -0.475 e. The first-order valence-corrected chi connectivity index (χ1v) is 6.65. The third-order valence-corrected chi connectivity index (χ3v) is 3.37. The van der Waals surface area contributed by atoms with Gasteiger partial charge in [-0.25, -0.2) is 9.59 Å². The predicted octanol–water partition coefficient (Wildman–Crippen LogP) is -1.76. The number of carboxylic acid groups (broad SMARTS) is 1. The Balaban J connectivity index is 0.000000381. The number of hydrogen-bond donors (Lipinski definition) is 5. The highest BCUT2D eigenvalue weighted by Gasteiger charge is 2.52. The number of aliphatic hydroxyl groups is 3. The van der Waals surface area contributed by atoms with Crippen LogP contribution in [0.2, 0.25) is 0 Å². The van der Waals surface area contributed by atoms with Gasteiger partial charge in [-0.05, 0) is 13.0 Å². The van der Waals surface area contributed by atoms with Gasteiger partial charge in [-0.15, -0.1) is 0 Å². The van der Waals surface area contributed by atoms with E-state index < -0.39 is 48.5 Å². The Labute approximate surface area is 137 Å². The molecule has 25 heavy (non-hydrogen) atoms. The number of aromatic nitrogens is 2. The third kappa shape index (κ3) is 4.45. The van der Waals surface area contributed by atoms with Gasteiger partial charge in [0, 0.05) is 6.20 Å². The number of aliphatic hydroxyl groups excluding tert-OH is 3. The normalized spacial score (nSPS) is 29.0. The third-order valence-electron chi connectivity index (χ3n) is 3.37. The summed E-state index contributed by atoms with van der Waals surface area (Å²) in [5.41, 5.74) is 3.17. The zero-order chi connectivity index (χ0) is 19.6. The van der Waals surface area contributed by atoms with Crippen LogP contribution < -0.4 is 11.4 Å². The molecule has 0 radical (unpaired) electrons. The van der Waals surface area contributed by atoms with E-state index in [0.29, 0.717) is 0 Å². The summed E-state index contributed by atoms with van der Waals surface area (Å²) < 4.78 is 38.1. The number of aliphatic carboxylic acids is 1. The minimum atomic E-state index is -5.08. The number of hydrogen-bond acceptors (Lipinski definition) is 8. The molecule has 1 aliphatic heterocycles. The Hall–Kier alpha value is -2.22. The molecular weight excluding hydrogens is 355 g/mol. The number of carbonyl (C=O) groups is 1. The van der Waals surface area contributed by atoms with Gasteiger partial charge in [0.1, 0.15) is 24.1 Å². The van der Waals surface area contributed by atoms with Crippen LogP contribution in [0.4, 0.5) is 19.0 Å². The van der Waals surface area contributed by atoms with Crippen LogP contribution in [-0.4, -0.2) is 67.0 Å². The van der Waals surface area contributed by atoms with Gasteiger partial charge in [-0.2, -0.15) is 18.2 Å². The number of nitrogens with two attached hydrogens (primary N) is 1. The molecule has 0 aromatic carbocycles. The highest BCUT2D eigenvalue weighted by Crippen LogP contribution is 2.34. The fourth-order valence-corrected chi connectivity index (χ4v) is 2.06. The van der Waals surface area contributed by atoms with Crippen LogP contribution in [-0.2, 0) is 15.3 Å². The molecule has 0 bridgehead atoms. The molecule has 0 spiro atoms. The van der Waals surface area contributed by atoms with E-state index in [2.05, 4.69) is 4.98 Å². The van der Waals surface area contributed by atoms with Crippen molar-refractivity contribution < 1.29 is 43.1 Å². The van der Waals surface area contributed by atoms with Crippen molar-refractivity contribution in [2.75, 3.05) is 12.3 Å². The molecule has 1 aromatic heterocycles.